The third-order valence-electron chi connectivity index (χ3n) is 3.94. The fourth-order valence-electron chi connectivity index (χ4n) is 2.49. The Balaban J connectivity index is 2.06. The highest BCUT2D eigenvalue weighted by atomic mass is 35.5. The second-order valence-electron chi connectivity index (χ2n) is 6.78. The molecule has 1 aromatic carbocycles. The van der Waals surface area contributed by atoms with Gasteiger partial charge in [-0.3, -0.25) is 14.6 Å². The molecule has 0 atom stereocenters. The molecule has 0 radical (unpaired) electrons. The highest BCUT2D eigenvalue weighted by molar-refractivity contribution is 6.32. The second kappa shape index (κ2) is 9.26. The van der Waals surface area contributed by atoms with Crippen molar-refractivity contribution in [2.45, 2.75) is 40.1 Å². The average Bonchev–Trinajstić information content (AvgIpc) is 2.60. The predicted octanol–water partition coefficient (Wildman–Crippen LogP) is 4.64. The smallest absolute Gasteiger partial charge is 0.404 e. The Kier molecular flexibility index (Phi) is 7.24. The predicted molar refractivity (Wildman–Crippen MR) is 102 cm³/mol. The number of alkyl halides is 3. The summed E-state index contributed by atoms with van der Waals surface area (Å²) in [6.45, 7) is 5.36. The van der Waals surface area contributed by atoms with Gasteiger partial charge < -0.3 is 10.1 Å². The number of ketones is 1. The van der Waals surface area contributed by atoms with Gasteiger partial charge in [-0.1, -0.05) is 31.5 Å². The van der Waals surface area contributed by atoms with Crippen LogP contribution in [0.25, 0.3) is 0 Å². The summed E-state index contributed by atoms with van der Waals surface area (Å²) >= 11 is 5.81. The van der Waals surface area contributed by atoms with E-state index in [0.29, 0.717) is 22.5 Å². The summed E-state index contributed by atoms with van der Waals surface area (Å²) in [5.41, 5.74) is 1.94. The summed E-state index contributed by atoms with van der Waals surface area (Å²) in [5.74, 6) is -1.03. The van der Waals surface area contributed by atoms with Gasteiger partial charge in [0, 0.05) is 35.8 Å². The third-order valence-corrected chi connectivity index (χ3v) is 4.24. The van der Waals surface area contributed by atoms with Crippen LogP contribution in [0.3, 0.4) is 0 Å². The standard InChI is InChI=1S/C20H20ClF3N2O3/c1-11(2)17(27)9-15-8-14(6-12(3)26-15)19(28)25-10-13-4-5-18(16(21)7-13)29-20(22,23)24/h4-8,11H,9-10H2,1-3H3,(H,25,28). The molecule has 0 aliphatic rings. The molecule has 0 aliphatic carbocycles. The summed E-state index contributed by atoms with van der Waals surface area (Å²) in [6, 6.07) is 6.89. The molecule has 1 aromatic heterocycles. The first-order valence-electron chi connectivity index (χ1n) is 8.77. The van der Waals surface area contributed by atoms with Gasteiger partial charge in [-0.15, -0.1) is 13.2 Å². The lowest BCUT2D eigenvalue weighted by molar-refractivity contribution is -0.274. The fourth-order valence-corrected chi connectivity index (χ4v) is 2.73. The van der Waals surface area contributed by atoms with Crippen molar-refractivity contribution >= 4 is 23.3 Å². The molecule has 156 valence electrons. The molecular formula is C20H20ClF3N2O3. The Morgan fingerprint density at radius 2 is 1.90 bits per heavy atom. The Hall–Kier alpha value is -2.61. The molecular weight excluding hydrogens is 409 g/mol. The number of aryl methyl sites for hydroxylation is 1. The minimum Gasteiger partial charge on any atom is -0.404 e. The molecule has 1 N–H and O–H groups in total. The molecule has 0 saturated heterocycles. The van der Waals surface area contributed by atoms with Gasteiger partial charge in [0.05, 0.1) is 5.02 Å². The van der Waals surface area contributed by atoms with Crippen LogP contribution in [-0.2, 0) is 17.8 Å². The summed E-state index contributed by atoms with van der Waals surface area (Å²) < 4.78 is 40.7. The van der Waals surface area contributed by atoms with E-state index in [4.69, 9.17) is 11.6 Å². The molecule has 2 aromatic rings. The van der Waals surface area contributed by atoms with E-state index in [1.165, 1.54) is 12.1 Å². The lowest BCUT2D eigenvalue weighted by atomic mass is 10.0. The van der Waals surface area contributed by atoms with E-state index >= 15 is 0 Å². The van der Waals surface area contributed by atoms with Crippen molar-refractivity contribution in [1.29, 1.82) is 0 Å². The van der Waals surface area contributed by atoms with E-state index in [1.54, 1.807) is 32.9 Å². The topological polar surface area (TPSA) is 68.3 Å². The molecule has 2 rings (SSSR count). The van der Waals surface area contributed by atoms with Crippen LogP contribution in [0.1, 0.15) is 41.2 Å². The van der Waals surface area contributed by atoms with Gasteiger partial charge in [-0.05, 0) is 36.8 Å². The monoisotopic (exact) mass is 428 g/mol. The Morgan fingerprint density at radius 3 is 2.48 bits per heavy atom. The van der Waals surface area contributed by atoms with Crippen molar-refractivity contribution in [3.05, 3.63) is 57.9 Å². The van der Waals surface area contributed by atoms with E-state index in [9.17, 15) is 22.8 Å². The van der Waals surface area contributed by atoms with Crippen LogP contribution in [0.4, 0.5) is 13.2 Å². The number of carbonyl (C=O) groups excluding carboxylic acids is 2. The molecule has 1 amide bonds. The third kappa shape index (κ3) is 7.05. The molecule has 0 unspecified atom stereocenters. The summed E-state index contributed by atoms with van der Waals surface area (Å²) in [5, 5.41) is 2.45. The first-order chi connectivity index (χ1) is 13.4. The van der Waals surface area contributed by atoms with Crippen LogP contribution in [-0.4, -0.2) is 23.0 Å². The van der Waals surface area contributed by atoms with Crippen LogP contribution < -0.4 is 10.1 Å². The zero-order chi connectivity index (χ0) is 21.8. The Morgan fingerprint density at radius 1 is 1.21 bits per heavy atom. The van der Waals surface area contributed by atoms with Crippen molar-refractivity contribution in [3.8, 4) is 5.75 Å². The first kappa shape index (κ1) is 22.7. The number of aromatic nitrogens is 1. The van der Waals surface area contributed by atoms with Crippen molar-refractivity contribution in [1.82, 2.24) is 10.3 Å². The fraction of sp³-hybridized carbons (Fsp3) is 0.350. The van der Waals surface area contributed by atoms with Crippen LogP contribution in [0, 0.1) is 12.8 Å². The number of carbonyl (C=O) groups is 2. The van der Waals surface area contributed by atoms with Crippen molar-refractivity contribution in [2.75, 3.05) is 0 Å². The lowest BCUT2D eigenvalue weighted by Crippen LogP contribution is -2.23. The lowest BCUT2D eigenvalue weighted by Gasteiger charge is -2.12. The van der Waals surface area contributed by atoms with Gasteiger partial charge in [0.15, 0.2) is 0 Å². The zero-order valence-corrected chi connectivity index (χ0v) is 16.8. The van der Waals surface area contributed by atoms with E-state index in [0.717, 1.165) is 6.07 Å². The highest BCUT2D eigenvalue weighted by Gasteiger charge is 2.32. The minimum atomic E-state index is -4.84. The van der Waals surface area contributed by atoms with Crippen molar-refractivity contribution in [3.63, 3.8) is 0 Å². The number of nitrogens with one attached hydrogen (secondary N) is 1. The van der Waals surface area contributed by atoms with Gasteiger partial charge in [0.1, 0.15) is 11.5 Å². The van der Waals surface area contributed by atoms with E-state index in [-0.39, 0.29) is 29.7 Å². The number of ether oxygens (including phenoxy) is 1. The number of hydrogen-bond acceptors (Lipinski definition) is 4. The number of rotatable bonds is 7. The first-order valence-corrected chi connectivity index (χ1v) is 9.15. The summed E-state index contributed by atoms with van der Waals surface area (Å²) in [7, 11) is 0. The van der Waals surface area contributed by atoms with E-state index in [2.05, 4.69) is 15.0 Å². The van der Waals surface area contributed by atoms with Crippen LogP contribution in [0.5, 0.6) is 5.75 Å². The molecule has 0 fully saturated rings. The molecule has 0 saturated carbocycles. The van der Waals surface area contributed by atoms with Crippen LogP contribution >= 0.6 is 11.6 Å². The number of nitrogens with zero attached hydrogens (tertiary/aromatic N) is 1. The highest BCUT2D eigenvalue weighted by Crippen LogP contribution is 2.30. The number of hydrogen-bond donors (Lipinski definition) is 1. The minimum absolute atomic E-state index is 0.0188. The SMILES string of the molecule is Cc1cc(C(=O)NCc2ccc(OC(F)(F)F)c(Cl)c2)cc(CC(=O)C(C)C)n1. The van der Waals surface area contributed by atoms with Crippen molar-refractivity contribution < 1.29 is 27.5 Å². The number of amides is 1. The second-order valence-corrected chi connectivity index (χ2v) is 7.19. The molecule has 0 bridgehead atoms. The molecule has 1 heterocycles. The van der Waals surface area contributed by atoms with Gasteiger partial charge >= 0.3 is 6.36 Å². The number of pyridine rings is 1. The van der Waals surface area contributed by atoms with E-state index in [1.807, 2.05) is 0 Å². The number of halogens is 4. The van der Waals surface area contributed by atoms with Crippen molar-refractivity contribution in [2.24, 2.45) is 5.92 Å². The van der Waals surface area contributed by atoms with Crippen LogP contribution in [0.2, 0.25) is 5.02 Å². The quantitative estimate of drug-likeness (QED) is 0.697. The summed E-state index contributed by atoms with van der Waals surface area (Å²) in [6.07, 6.45) is -4.71. The van der Waals surface area contributed by atoms with Gasteiger partial charge in [-0.25, -0.2) is 0 Å². The molecule has 9 heteroatoms. The Labute approximate surface area is 171 Å². The van der Waals surface area contributed by atoms with Gasteiger partial charge in [0.25, 0.3) is 5.91 Å². The molecule has 0 spiro atoms. The molecule has 5 nitrogen and oxygen atoms in total. The summed E-state index contributed by atoms with van der Waals surface area (Å²) in [4.78, 5) is 28.7. The maximum absolute atomic E-state index is 12.5. The molecule has 0 aliphatic heterocycles. The maximum Gasteiger partial charge on any atom is 0.573 e. The average molecular weight is 429 g/mol. The zero-order valence-electron chi connectivity index (χ0n) is 16.1. The normalized spacial score (nSPS) is 11.4. The number of benzene rings is 1. The Bertz CT molecular complexity index is 914. The van der Waals surface area contributed by atoms with Gasteiger partial charge in [-0.2, -0.15) is 0 Å². The maximum atomic E-state index is 12.5. The number of Topliss-reactive ketones (excluding diaryl/α,β-unsaturated/α-hetero) is 1. The van der Waals surface area contributed by atoms with E-state index < -0.39 is 18.0 Å². The van der Waals surface area contributed by atoms with Gasteiger partial charge in [0.2, 0.25) is 0 Å². The van der Waals surface area contributed by atoms with Crippen LogP contribution in [0.15, 0.2) is 30.3 Å². The molecule has 29 heavy (non-hydrogen) atoms. The largest absolute Gasteiger partial charge is 0.573 e.